The Hall–Kier alpha value is -2.81. The minimum absolute atomic E-state index is 0.0662. The number of aromatic amines is 1. The van der Waals surface area contributed by atoms with Crippen molar-refractivity contribution >= 4 is 39.5 Å². The van der Waals surface area contributed by atoms with Gasteiger partial charge in [0.2, 0.25) is 11.9 Å². The van der Waals surface area contributed by atoms with E-state index in [1.54, 1.807) is 27.7 Å². The van der Waals surface area contributed by atoms with Gasteiger partial charge >= 0.3 is 10.8 Å². The molecule has 4 heterocycles. The number of anilines is 1. The fraction of sp³-hybridized carbons (Fsp3) is 0.650. The van der Waals surface area contributed by atoms with E-state index in [0.29, 0.717) is 11.3 Å². The first-order valence-corrected chi connectivity index (χ1v) is 11.6. The summed E-state index contributed by atoms with van der Waals surface area (Å²) in [5, 5.41) is 2.58. The zero-order valence-corrected chi connectivity index (χ0v) is 20.1. The second kappa shape index (κ2) is 8.76. The summed E-state index contributed by atoms with van der Waals surface area (Å²) in [4.78, 5) is 55.1. The van der Waals surface area contributed by atoms with Crippen molar-refractivity contribution in [3.05, 3.63) is 20.0 Å². The molecule has 0 aromatic carbocycles. The van der Waals surface area contributed by atoms with Gasteiger partial charge < -0.3 is 30.0 Å². The molecule has 13 nitrogen and oxygen atoms in total. The molecular formula is C20H27N5O8S. The predicted octanol–water partition coefficient (Wildman–Crippen LogP) is -0.150. The molecule has 1 amide bonds. The van der Waals surface area contributed by atoms with Crippen LogP contribution in [-0.2, 0) is 28.5 Å². The summed E-state index contributed by atoms with van der Waals surface area (Å²) in [5.41, 5.74) is 5.21. The van der Waals surface area contributed by atoms with Gasteiger partial charge in [0.05, 0.1) is 0 Å². The topological polar surface area (TPSA) is 177 Å². The molecule has 0 saturated carbocycles. The number of nitrogens with two attached hydrogens (primary N) is 1. The fourth-order valence-corrected chi connectivity index (χ4v) is 4.98. The van der Waals surface area contributed by atoms with Crippen molar-refractivity contribution in [2.24, 2.45) is 5.92 Å². The standard InChI is InChI=1S/C20H27N5O8S/c1-7(2)10(22-8(3)26)17(28)30-6-9-11-12(33-20(4,5)32-11)16(31-9)25-14-13(34-19(25)29)15(27)24-18(21)23-14/h7,9-12,16H,6H2,1-5H3,(H,22,26)(H3,21,23,24,27)/t9-,10+,11-,12-,16-/m1/s1. The second-order valence-electron chi connectivity index (χ2n) is 9.02. The highest BCUT2D eigenvalue weighted by atomic mass is 32.1. The molecule has 2 fully saturated rings. The van der Waals surface area contributed by atoms with Crippen LogP contribution in [0.4, 0.5) is 5.95 Å². The molecule has 5 atom stereocenters. The zero-order valence-electron chi connectivity index (χ0n) is 19.3. The van der Waals surface area contributed by atoms with E-state index in [1.165, 1.54) is 11.5 Å². The molecule has 2 aromatic heterocycles. The van der Waals surface area contributed by atoms with Crippen LogP contribution in [0.25, 0.3) is 10.3 Å². The Kier molecular flexibility index (Phi) is 6.27. The summed E-state index contributed by atoms with van der Waals surface area (Å²) in [6, 6.07) is -0.829. The Morgan fingerprint density at radius 3 is 2.62 bits per heavy atom. The molecule has 4 rings (SSSR count). The van der Waals surface area contributed by atoms with Crippen LogP contribution in [0.3, 0.4) is 0 Å². The second-order valence-corrected chi connectivity index (χ2v) is 9.99. The number of thiazole rings is 1. The smallest absolute Gasteiger partial charge is 0.328 e. The number of hydrogen-bond donors (Lipinski definition) is 3. The number of nitrogens with one attached hydrogen (secondary N) is 2. The van der Waals surface area contributed by atoms with Crippen molar-refractivity contribution in [3.8, 4) is 0 Å². The monoisotopic (exact) mass is 497 g/mol. The maximum atomic E-state index is 12.8. The van der Waals surface area contributed by atoms with E-state index in [2.05, 4.69) is 15.3 Å². The lowest BCUT2D eigenvalue weighted by Gasteiger charge is -2.25. The number of carbonyl (C=O) groups excluding carboxylic acids is 2. The number of nitrogen functional groups attached to an aromatic ring is 1. The fourth-order valence-electron chi connectivity index (χ4n) is 4.14. The van der Waals surface area contributed by atoms with Crippen LogP contribution in [-0.4, -0.2) is 63.2 Å². The summed E-state index contributed by atoms with van der Waals surface area (Å²) < 4.78 is 24.8. The van der Waals surface area contributed by atoms with Crippen molar-refractivity contribution in [1.82, 2.24) is 19.9 Å². The average Bonchev–Trinajstić information content (AvgIpc) is 3.32. The first-order chi connectivity index (χ1) is 15.9. The van der Waals surface area contributed by atoms with Gasteiger partial charge in [-0.2, -0.15) is 4.98 Å². The minimum atomic E-state index is -0.998. The summed E-state index contributed by atoms with van der Waals surface area (Å²) in [5.74, 6) is -2.31. The lowest BCUT2D eigenvalue weighted by Crippen LogP contribution is -2.45. The van der Waals surface area contributed by atoms with Crippen LogP contribution in [0.15, 0.2) is 9.59 Å². The van der Waals surface area contributed by atoms with E-state index in [4.69, 9.17) is 24.7 Å². The van der Waals surface area contributed by atoms with Crippen molar-refractivity contribution in [2.45, 2.75) is 71.0 Å². The molecule has 2 aliphatic heterocycles. The molecule has 0 aliphatic carbocycles. The van der Waals surface area contributed by atoms with Gasteiger partial charge in [0.15, 0.2) is 17.7 Å². The van der Waals surface area contributed by atoms with E-state index in [-0.39, 0.29) is 34.7 Å². The number of hydrogen-bond acceptors (Lipinski definition) is 11. The minimum Gasteiger partial charge on any atom is -0.461 e. The van der Waals surface area contributed by atoms with Crippen molar-refractivity contribution in [1.29, 1.82) is 0 Å². The van der Waals surface area contributed by atoms with E-state index in [0.717, 1.165) is 0 Å². The summed E-state index contributed by atoms with van der Waals surface area (Å²) >= 11 is 0.711. The number of esters is 1. The highest BCUT2D eigenvalue weighted by molar-refractivity contribution is 7.16. The van der Waals surface area contributed by atoms with Gasteiger partial charge in [0.1, 0.15) is 35.7 Å². The van der Waals surface area contributed by atoms with Crippen LogP contribution in [0.2, 0.25) is 0 Å². The zero-order chi connectivity index (χ0) is 24.9. The molecule has 186 valence electrons. The van der Waals surface area contributed by atoms with Gasteiger partial charge in [0.25, 0.3) is 5.56 Å². The first kappa shape index (κ1) is 24.3. The molecule has 4 N–H and O–H groups in total. The molecular weight excluding hydrogens is 470 g/mol. The largest absolute Gasteiger partial charge is 0.461 e. The molecule has 0 unspecified atom stereocenters. The molecule has 2 aromatic rings. The van der Waals surface area contributed by atoms with Gasteiger partial charge in [-0.3, -0.25) is 23.9 Å². The first-order valence-electron chi connectivity index (χ1n) is 10.7. The number of ether oxygens (including phenoxy) is 4. The van der Waals surface area contributed by atoms with Crippen LogP contribution >= 0.6 is 11.3 Å². The van der Waals surface area contributed by atoms with Crippen molar-refractivity contribution in [3.63, 3.8) is 0 Å². The van der Waals surface area contributed by atoms with Crippen molar-refractivity contribution < 1.29 is 28.5 Å². The maximum Gasteiger partial charge on any atom is 0.328 e. The Morgan fingerprint density at radius 1 is 1.29 bits per heavy atom. The van der Waals surface area contributed by atoms with Crippen LogP contribution < -0.4 is 21.5 Å². The van der Waals surface area contributed by atoms with Crippen LogP contribution in [0, 0.1) is 5.92 Å². The summed E-state index contributed by atoms with van der Waals surface area (Å²) in [6.45, 7) is 8.11. The quantitative estimate of drug-likeness (QED) is 0.455. The number of H-pyrrole nitrogens is 1. The number of nitrogens with zero attached hydrogens (tertiary/aromatic N) is 2. The number of fused-ring (bicyclic) bond motifs is 2. The van der Waals surface area contributed by atoms with Gasteiger partial charge in [-0.15, -0.1) is 0 Å². The molecule has 0 bridgehead atoms. The van der Waals surface area contributed by atoms with Crippen LogP contribution in [0.1, 0.15) is 40.8 Å². The average molecular weight is 498 g/mol. The Morgan fingerprint density at radius 2 is 1.97 bits per heavy atom. The Bertz CT molecular complexity index is 1230. The van der Waals surface area contributed by atoms with E-state index in [9.17, 15) is 19.2 Å². The summed E-state index contributed by atoms with van der Waals surface area (Å²) in [6.07, 6.45) is -3.20. The number of aromatic nitrogens is 3. The Balaban J connectivity index is 1.62. The molecule has 0 radical (unpaired) electrons. The van der Waals surface area contributed by atoms with Crippen molar-refractivity contribution in [2.75, 3.05) is 12.3 Å². The third-order valence-corrected chi connectivity index (χ3v) is 6.48. The van der Waals surface area contributed by atoms with Gasteiger partial charge in [-0.25, -0.2) is 4.79 Å². The van der Waals surface area contributed by atoms with E-state index >= 15 is 0 Å². The maximum absolute atomic E-state index is 12.8. The van der Waals surface area contributed by atoms with E-state index in [1.807, 2.05) is 0 Å². The molecule has 2 aliphatic rings. The highest BCUT2D eigenvalue weighted by Crippen LogP contribution is 2.43. The van der Waals surface area contributed by atoms with Gasteiger partial charge in [-0.05, 0) is 19.8 Å². The number of amides is 1. The Labute approximate surface area is 197 Å². The summed E-state index contributed by atoms with van der Waals surface area (Å²) in [7, 11) is 0. The SMILES string of the molecule is CC(=O)N[C@H](C(=O)OC[C@H]1O[C@@H](n2c(=O)sc3c(=O)[nH]c(N)nc32)[C@@H]2OC(C)(C)O[C@@H]21)C(C)C. The lowest BCUT2D eigenvalue weighted by atomic mass is 10.0. The van der Waals surface area contributed by atoms with Crippen LogP contribution in [0.5, 0.6) is 0 Å². The van der Waals surface area contributed by atoms with Gasteiger partial charge in [0, 0.05) is 6.92 Å². The normalized spacial score (nSPS) is 26.5. The molecule has 34 heavy (non-hydrogen) atoms. The van der Waals surface area contributed by atoms with Gasteiger partial charge in [-0.1, -0.05) is 25.2 Å². The molecule has 14 heteroatoms. The third kappa shape index (κ3) is 4.45. The highest BCUT2D eigenvalue weighted by Gasteiger charge is 2.57. The molecule has 0 spiro atoms. The number of rotatable bonds is 6. The molecule has 2 saturated heterocycles. The number of carbonyl (C=O) groups is 2. The lowest BCUT2D eigenvalue weighted by molar-refractivity contribution is -0.202. The van der Waals surface area contributed by atoms with E-state index < -0.39 is 52.8 Å². The third-order valence-electron chi connectivity index (χ3n) is 5.54. The predicted molar refractivity (Wildman–Crippen MR) is 120 cm³/mol.